The van der Waals surface area contributed by atoms with Crippen molar-refractivity contribution in [3.63, 3.8) is 0 Å². The van der Waals surface area contributed by atoms with Crippen LogP contribution in [0.3, 0.4) is 0 Å². The van der Waals surface area contributed by atoms with Crippen molar-refractivity contribution in [1.82, 2.24) is 10.2 Å². The van der Waals surface area contributed by atoms with Gasteiger partial charge in [0.05, 0.1) is 11.3 Å². The van der Waals surface area contributed by atoms with Crippen LogP contribution >= 0.6 is 0 Å². The molecule has 0 fully saturated rings. The minimum absolute atomic E-state index is 0.0960. The number of nitrogens with two attached hydrogens (primary N) is 1. The lowest BCUT2D eigenvalue weighted by atomic mass is 10.0. The summed E-state index contributed by atoms with van der Waals surface area (Å²) < 4.78 is 0. The number of nitrogens with one attached hydrogen (secondary N) is 1. The van der Waals surface area contributed by atoms with Gasteiger partial charge < -0.3 is 10.6 Å². The molecule has 0 unspecified atom stereocenters. The molecule has 0 bridgehead atoms. The van der Waals surface area contributed by atoms with Crippen molar-refractivity contribution in [1.29, 1.82) is 5.41 Å². The van der Waals surface area contributed by atoms with Crippen LogP contribution in [0.15, 0.2) is 0 Å². The number of nitrogen functional groups attached to an aromatic ring is 1. The summed E-state index contributed by atoms with van der Waals surface area (Å²) in [5.74, 6) is 0.869. The highest BCUT2D eigenvalue weighted by Crippen LogP contribution is 2.24. The Bertz CT molecular complexity index is 450. The first kappa shape index (κ1) is 16.4. The maximum absolute atomic E-state index is 7.93. The van der Waals surface area contributed by atoms with Crippen molar-refractivity contribution in [2.24, 2.45) is 5.73 Å². The molecule has 1 aromatic heterocycles. The molecule has 20 heavy (non-hydrogen) atoms. The zero-order valence-electron chi connectivity index (χ0n) is 13.2. The molecule has 0 aliphatic heterocycles. The average Bonchev–Trinajstić information content (AvgIpc) is 2.45. The first-order valence-electron chi connectivity index (χ1n) is 7.58. The Morgan fingerprint density at radius 2 is 1.65 bits per heavy atom. The predicted octanol–water partition coefficient (Wildman–Crippen LogP) is 2.51. The number of amidine groups is 1. The lowest BCUT2D eigenvalue weighted by Gasteiger charge is -2.26. The van der Waals surface area contributed by atoms with Gasteiger partial charge >= 0.3 is 0 Å². The summed E-state index contributed by atoms with van der Waals surface area (Å²) in [7, 11) is 0. The molecule has 0 atom stereocenters. The highest BCUT2D eigenvalue weighted by molar-refractivity contribution is 6.01. The second-order valence-corrected chi connectivity index (χ2v) is 4.93. The first-order valence-corrected chi connectivity index (χ1v) is 7.58. The van der Waals surface area contributed by atoms with E-state index in [4.69, 9.17) is 11.1 Å². The molecule has 0 amide bonds. The topological polar surface area (TPSA) is 78.9 Å². The van der Waals surface area contributed by atoms with Gasteiger partial charge in [0.25, 0.3) is 0 Å². The second-order valence-electron chi connectivity index (χ2n) is 4.93. The SMILES string of the molecule is CCCN(CCC)c1nnc(CC)c(CC)c1C(=N)N. The lowest BCUT2D eigenvalue weighted by Crippen LogP contribution is -2.31. The Kier molecular flexibility index (Phi) is 6.42. The first-order chi connectivity index (χ1) is 9.60. The van der Waals surface area contributed by atoms with Gasteiger partial charge in [-0.1, -0.05) is 27.7 Å². The summed E-state index contributed by atoms with van der Waals surface area (Å²) in [4.78, 5) is 2.20. The van der Waals surface area contributed by atoms with E-state index in [1.54, 1.807) is 0 Å². The average molecular weight is 277 g/mol. The molecule has 0 aliphatic rings. The van der Waals surface area contributed by atoms with Crippen LogP contribution in [0.1, 0.15) is 57.4 Å². The van der Waals surface area contributed by atoms with E-state index in [2.05, 4.69) is 42.8 Å². The van der Waals surface area contributed by atoms with E-state index in [9.17, 15) is 0 Å². The molecule has 0 saturated heterocycles. The molecule has 0 spiro atoms. The van der Waals surface area contributed by atoms with Gasteiger partial charge in [0.1, 0.15) is 5.84 Å². The number of anilines is 1. The molecular weight excluding hydrogens is 250 g/mol. The van der Waals surface area contributed by atoms with Gasteiger partial charge in [0, 0.05) is 13.1 Å². The molecule has 1 aromatic rings. The second kappa shape index (κ2) is 7.82. The van der Waals surface area contributed by atoms with Gasteiger partial charge in [-0.15, -0.1) is 5.10 Å². The molecule has 0 aliphatic carbocycles. The van der Waals surface area contributed by atoms with Gasteiger partial charge in [0.15, 0.2) is 5.82 Å². The molecule has 1 rings (SSSR count). The molecule has 0 saturated carbocycles. The van der Waals surface area contributed by atoms with Crippen LogP contribution in [0.25, 0.3) is 0 Å². The molecule has 1 heterocycles. The van der Waals surface area contributed by atoms with Crippen molar-refractivity contribution in [2.75, 3.05) is 18.0 Å². The van der Waals surface area contributed by atoms with E-state index in [1.165, 1.54) is 0 Å². The van der Waals surface area contributed by atoms with Crippen molar-refractivity contribution in [2.45, 2.75) is 53.4 Å². The summed E-state index contributed by atoms with van der Waals surface area (Å²) in [5.41, 5.74) is 8.64. The van der Waals surface area contributed by atoms with E-state index >= 15 is 0 Å². The molecule has 0 radical (unpaired) electrons. The third-order valence-corrected chi connectivity index (χ3v) is 3.38. The molecule has 5 heteroatoms. The molecule has 0 aromatic carbocycles. The highest BCUT2D eigenvalue weighted by atomic mass is 15.3. The van der Waals surface area contributed by atoms with Crippen molar-refractivity contribution < 1.29 is 0 Å². The monoisotopic (exact) mass is 277 g/mol. The Morgan fingerprint density at radius 1 is 1.05 bits per heavy atom. The summed E-state index contributed by atoms with van der Waals surface area (Å²) in [6.45, 7) is 10.3. The summed E-state index contributed by atoms with van der Waals surface area (Å²) in [5, 5.41) is 16.7. The van der Waals surface area contributed by atoms with Crippen LogP contribution in [-0.2, 0) is 12.8 Å². The number of hydrogen-bond acceptors (Lipinski definition) is 4. The fraction of sp³-hybridized carbons (Fsp3) is 0.667. The molecular formula is C15H27N5. The Morgan fingerprint density at radius 3 is 2.05 bits per heavy atom. The van der Waals surface area contributed by atoms with E-state index in [0.29, 0.717) is 0 Å². The number of rotatable bonds is 8. The van der Waals surface area contributed by atoms with Gasteiger partial charge in [-0.25, -0.2) is 0 Å². The third kappa shape index (κ3) is 3.46. The fourth-order valence-electron chi connectivity index (χ4n) is 2.53. The van der Waals surface area contributed by atoms with E-state index < -0.39 is 0 Å². The minimum atomic E-state index is 0.0960. The molecule has 5 nitrogen and oxygen atoms in total. The minimum Gasteiger partial charge on any atom is -0.384 e. The zero-order chi connectivity index (χ0) is 15.1. The number of nitrogens with zero attached hydrogens (tertiary/aromatic N) is 3. The van der Waals surface area contributed by atoms with Crippen LogP contribution < -0.4 is 10.6 Å². The fourth-order valence-corrected chi connectivity index (χ4v) is 2.53. The number of aryl methyl sites for hydroxylation is 1. The number of hydrogen-bond donors (Lipinski definition) is 2. The van der Waals surface area contributed by atoms with E-state index in [1.807, 2.05) is 0 Å². The van der Waals surface area contributed by atoms with Gasteiger partial charge in [-0.2, -0.15) is 5.10 Å². The summed E-state index contributed by atoms with van der Waals surface area (Å²) in [6, 6.07) is 0. The summed E-state index contributed by atoms with van der Waals surface area (Å²) in [6.07, 6.45) is 3.72. The van der Waals surface area contributed by atoms with Crippen LogP contribution in [0.4, 0.5) is 5.82 Å². The van der Waals surface area contributed by atoms with Crippen molar-refractivity contribution in [3.8, 4) is 0 Å². The Balaban J connectivity index is 3.40. The molecule has 3 N–H and O–H groups in total. The normalized spacial score (nSPS) is 10.6. The van der Waals surface area contributed by atoms with E-state index in [0.717, 1.165) is 61.4 Å². The summed E-state index contributed by atoms with van der Waals surface area (Å²) >= 11 is 0. The van der Waals surface area contributed by atoms with Gasteiger partial charge in [-0.3, -0.25) is 5.41 Å². The predicted molar refractivity (Wildman–Crippen MR) is 84.6 cm³/mol. The molecule has 112 valence electrons. The smallest absolute Gasteiger partial charge is 0.162 e. The van der Waals surface area contributed by atoms with Crippen LogP contribution in [0.5, 0.6) is 0 Å². The van der Waals surface area contributed by atoms with Crippen LogP contribution in [0.2, 0.25) is 0 Å². The Hall–Kier alpha value is -1.65. The zero-order valence-corrected chi connectivity index (χ0v) is 13.2. The van der Waals surface area contributed by atoms with Crippen molar-refractivity contribution in [3.05, 3.63) is 16.8 Å². The number of aromatic nitrogens is 2. The third-order valence-electron chi connectivity index (χ3n) is 3.38. The van der Waals surface area contributed by atoms with Crippen molar-refractivity contribution >= 4 is 11.7 Å². The lowest BCUT2D eigenvalue weighted by molar-refractivity contribution is 0.717. The maximum atomic E-state index is 7.93. The Labute approximate surface area is 122 Å². The van der Waals surface area contributed by atoms with Crippen LogP contribution in [0, 0.1) is 5.41 Å². The quantitative estimate of drug-likeness (QED) is 0.565. The largest absolute Gasteiger partial charge is 0.384 e. The van der Waals surface area contributed by atoms with Gasteiger partial charge in [-0.05, 0) is 31.2 Å². The van der Waals surface area contributed by atoms with Crippen LogP contribution in [-0.4, -0.2) is 29.1 Å². The van der Waals surface area contributed by atoms with Gasteiger partial charge in [0.2, 0.25) is 0 Å². The standard InChI is InChI=1S/C15H27N5/c1-5-9-20(10-6-2)15-13(14(16)17)11(7-3)12(8-4)18-19-15/h5-10H2,1-4H3,(H3,16,17). The van der Waals surface area contributed by atoms with E-state index in [-0.39, 0.29) is 5.84 Å². The highest BCUT2D eigenvalue weighted by Gasteiger charge is 2.20. The maximum Gasteiger partial charge on any atom is 0.162 e.